The van der Waals surface area contributed by atoms with Gasteiger partial charge in [-0.25, -0.2) is 16.8 Å². The van der Waals surface area contributed by atoms with E-state index in [1.54, 1.807) is 6.92 Å². The minimum Gasteiger partial charge on any atom is -0.343 e. The molecule has 126 valence electrons. The third kappa shape index (κ3) is 2.49. The molecular weight excluding hydrogens is 324 g/mol. The topological polar surface area (TPSA) is 77.5 Å². The Balaban J connectivity index is 2.40. The van der Waals surface area contributed by atoms with E-state index in [4.69, 9.17) is 11.2 Å². The molecule has 3 saturated heterocycles. The number of ether oxygens (including phenoxy) is 1. The summed E-state index contributed by atoms with van der Waals surface area (Å²) in [4.78, 5) is 0. The molecule has 0 radical (unpaired) electrons. The Bertz CT molecular complexity index is 633. The van der Waals surface area contributed by atoms with Crippen molar-refractivity contribution in [2.75, 3.05) is 11.5 Å². The molecule has 0 aromatic rings. The average molecular weight is 348 g/mol. The fourth-order valence-corrected chi connectivity index (χ4v) is 10.2. The molecule has 2 bridgehead atoms. The van der Waals surface area contributed by atoms with E-state index < -0.39 is 29.4 Å². The lowest BCUT2D eigenvalue weighted by molar-refractivity contribution is -0.0799. The van der Waals surface area contributed by atoms with Crippen LogP contribution in [0.5, 0.6) is 0 Å². The van der Waals surface area contributed by atoms with Crippen LogP contribution < -0.4 is 0 Å². The molecular formula is C15H24O5S2. The molecule has 3 heterocycles. The smallest absolute Gasteiger partial charge is 0.270 e. The van der Waals surface area contributed by atoms with E-state index in [1.165, 1.54) is 0 Å². The van der Waals surface area contributed by atoms with Crippen molar-refractivity contribution in [2.24, 2.45) is 5.41 Å². The number of terminal acetylenes is 1. The second-order valence-electron chi connectivity index (χ2n) is 6.48. The van der Waals surface area contributed by atoms with E-state index in [0.717, 1.165) is 6.42 Å². The second-order valence-corrected chi connectivity index (χ2v) is 11.1. The molecule has 1 atom stereocenters. The van der Waals surface area contributed by atoms with Gasteiger partial charge in [0.2, 0.25) is 0 Å². The summed E-state index contributed by atoms with van der Waals surface area (Å²) >= 11 is 0. The molecule has 0 aliphatic carbocycles. The molecule has 3 rings (SSSR count). The maximum Gasteiger partial charge on any atom is 0.270 e. The number of hydrogen-bond acceptors (Lipinski definition) is 5. The van der Waals surface area contributed by atoms with Crippen LogP contribution in [0, 0.1) is 17.8 Å². The predicted octanol–water partition coefficient (Wildman–Crippen LogP) is 1.88. The Hall–Kier alpha value is -0.580. The van der Waals surface area contributed by atoms with Crippen LogP contribution in [0.2, 0.25) is 0 Å². The van der Waals surface area contributed by atoms with Crippen molar-refractivity contribution in [3.63, 3.8) is 0 Å². The molecule has 1 unspecified atom stereocenters. The minimum atomic E-state index is -3.86. The third-order valence-corrected chi connectivity index (χ3v) is 10.9. The van der Waals surface area contributed by atoms with Crippen LogP contribution in [0.25, 0.3) is 0 Å². The summed E-state index contributed by atoms with van der Waals surface area (Å²) in [7, 11) is -7.71. The molecule has 22 heavy (non-hydrogen) atoms. The van der Waals surface area contributed by atoms with Crippen molar-refractivity contribution in [3.8, 4) is 12.3 Å². The van der Waals surface area contributed by atoms with Gasteiger partial charge in [0.15, 0.2) is 19.7 Å². The second kappa shape index (κ2) is 5.81. The van der Waals surface area contributed by atoms with E-state index in [2.05, 4.69) is 5.92 Å². The number of rotatable bonds is 6. The van der Waals surface area contributed by atoms with Crippen molar-refractivity contribution in [3.05, 3.63) is 0 Å². The van der Waals surface area contributed by atoms with Crippen molar-refractivity contribution >= 4 is 19.7 Å². The fraction of sp³-hybridized carbons (Fsp3) is 0.867. The first-order chi connectivity index (χ1) is 10.2. The highest BCUT2D eigenvalue weighted by Gasteiger charge is 2.70. The predicted molar refractivity (Wildman–Crippen MR) is 85.5 cm³/mol. The normalized spacial score (nSPS) is 38.5. The summed E-state index contributed by atoms with van der Waals surface area (Å²) < 4.78 is 54.6. The number of fused-ring (bicyclic) bond motifs is 3. The lowest BCUT2D eigenvalue weighted by atomic mass is 9.82. The zero-order valence-corrected chi connectivity index (χ0v) is 14.8. The molecule has 3 aliphatic rings. The molecule has 7 heteroatoms. The molecule has 0 saturated carbocycles. The Morgan fingerprint density at radius 3 is 2.23 bits per heavy atom. The highest BCUT2D eigenvalue weighted by molar-refractivity contribution is 8.10. The van der Waals surface area contributed by atoms with Crippen LogP contribution in [0.15, 0.2) is 0 Å². The zero-order valence-electron chi connectivity index (χ0n) is 13.2. The number of unbranched alkanes of at least 4 members (excludes halogenated alkanes) is 2. The van der Waals surface area contributed by atoms with E-state index in [-0.39, 0.29) is 24.0 Å². The molecule has 0 amide bonds. The van der Waals surface area contributed by atoms with Crippen molar-refractivity contribution in [1.82, 2.24) is 0 Å². The van der Waals surface area contributed by atoms with Gasteiger partial charge < -0.3 is 4.74 Å². The lowest BCUT2D eigenvalue weighted by Crippen LogP contribution is -2.70. The van der Waals surface area contributed by atoms with Gasteiger partial charge in [-0.1, -0.05) is 13.3 Å². The van der Waals surface area contributed by atoms with Gasteiger partial charge in [0.05, 0.1) is 17.6 Å². The Morgan fingerprint density at radius 2 is 1.73 bits per heavy atom. The quantitative estimate of drug-likeness (QED) is 0.541. The van der Waals surface area contributed by atoms with Crippen molar-refractivity contribution in [1.29, 1.82) is 0 Å². The van der Waals surface area contributed by atoms with Gasteiger partial charge in [-0.15, -0.1) is 12.3 Å². The van der Waals surface area contributed by atoms with Gasteiger partial charge in [0.1, 0.15) is 0 Å². The van der Waals surface area contributed by atoms with E-state index in [9.17, 15) is 16.8 Å². The SMILES string of the molecule is C#CCCCCC12OC(C)C(CCC)(CS1(=O)=O)CS2(=O)=O. The molecule has 0 aromatic heterocycles. The van der Waals surface area contributed by atoms with Gasteiger partial charge in [0.25, 0.3) is 4.27 Å². The van der Waals surface area contributed by atoms with Crippen LogP contribution in [-0.2, 0) is 24.4 Å². The molecule has 0 spiro atoms. The van der Waals surface area contributed by atoms with Crippen LogP contribution in [0.1, 0.15) is 52.4 Å². The molecule has 0 aromatic carbocycles. The Labute approximate surface area is 133 Å². The largest absolute Gasteiger partial charge is 0.343 e. The minimum absolute atomic E-state index is 0.0219. The first kappa shape index (κ1) is 17.8. The summed E-state index contributed by atoms with van der Waals surface area (Å²) in [5.41, 5.74) is -0.799. The van der Waals surface area contributed by atoms with Crippen LogP contribution in [0.3, 0.4) is 0 Å². The first-order valence-electron chi connectivity index (χ1n) is 7.72. The van der Waals surface area contributed by atoms with Gasteiger partial charge >= 0.3 is 0 Å². The van der Waals surface area contributed by atoms with Gasteiger partial charge in [-0.05, 0) is 26.2 Å². The Morgan fingerprint density at radius 1 is 1.14 bits per heavy atom. The van der Waals surface area contributed by atoms with Crippen LogP contribution in [0.4, 0.5) is 0 Å². The summed E-state index contributed by atoms with van der Waals surface area (Å²) in [6.45, 7) is 3.73. The van der Waals surface area contributed by atoms with E-state index in [1.807, 2.05) is 6.92 Å². The summed E-state index contributed by atoms with van der Waals surface area (Å²) in [6, 6.07) is 0. The fourth-order valence-electron chi connectivity index (χ4n) is 3.77. The number of sulfone groups is 2. The van der Waals surface area contributed by atoms with Crippen molar-refractivity contribution < 1.29 is 21.6 Å². The van der Waals surface area contributed by atoms with E-state index in [0.29, 0.717) is 25.7 Å². The van der Waals surface area contributed by atoms with E-state index >= 15 is 0 Å². The van der Waals surface area contributed by atoms with Crippen LogP contribution in [-0.4, -0.2) is 38.7 Å². The summed E-state index contributed by atoms with van der Waals surface area (Å²) in [5.74, 6) is 2.29. The zero-order chi connectivity index (χ0) is 16.6. The van der Waals surface area contributed by atoms with Crippen molar-refractivity contribution in [2.45, 2.75) is 62.7 Å². The molecule has 3 aliphatic heterocycles. The maximum atomic E-state index is 12.7. The highest BCUT2D eigenvalue weighted by atomic mass is 32.3. The van der Waals surface area contributed by atoms with Gasteiger partial charge in [0, 0.05) is 18.3 Å². The van der Waals surface area contributed by atoms with Crippen LogP contribution >= 0.6 is 0 Å². The lowest BCUT2D eigenvalue weighted by Gasteiger charge is -2.55. The first-order valence-corrected chi connectivity index (χ1v) is 11.0. The Kier molecular flexibility index (Phi) is 4.69. The van der Waals surface area contributed by atoms with Gasteiger partial charge in [-0.3, -0.25) is 0 Å². The summed E-state index contributed by atoms with van der Waals surface area (Å²) in [6.07, 6.45) is 7.59. The van der Waals surface area contributed by atoms with Gasteiger partial charge in [-0.2, -0.15) is 0 Å². The monoisotopic (exact) mass is 348 g/mol. The molecule has 5 nitrogen and oxygen atoms in total. The standard InChI is InChI=1S/C15H24O5S2/c1-4-6-7-8-10-15-20-13(3)14(9-5-2,11-21(15,16)17)12-22(15,18)19/h1,13H,5-12H2,2-3H3. The third-order valence-electron chi connectivity index (χ3n) is 4.92. The average Bonchev–Trinajstić information content (AvgIpc) is 2.38. The molecule has 0 N–H and O–H groups in total. The number of hydrogen-bond donors (Lipinski definition) is 0. The molecule has 3 fully saturated rings. The summed E-state index contributed by atoms with van der Waals surface area (Å²) in [5, 5.41) is 0. The maximum absolute atomic E-state index is 12.7. The highest BCUT2D eigenvalue weighted by Crippen LogP contribution is 2.54.